The smallest absolute Gasteiger partial charge is 0.255 e. The molecule has 3 N–H and O–H groups in total. The molecule has 1 saturated heterocycles. The van der Waals surface area contributed by atoms with Gasteiger partial charge in [0.25, 0.3) is 5.91 Å². The number of likely N-dealkylation sites (tertiary alicyclic amines) is 1. The third kappa shape index (κ3) is 12.5. The van der Waals surface area contributed by atoms with Crippen LogP contribution in [0, 0.1) is 0 Å². The normalized spacial score (nSPS) is 15.2. The van der Waals surface area contributed by atoms with Gasteiger partial charge in [-0.3, -0.25) is 9.69 Å². The summed E-state index contributed by atoms with van der Waals surface area (Å²) < 4.78 is 0. The molecule has 1 unspecified atom stereocenters. The minimum atomic E-state index is -0.160. The van der Waals surface area contributed by atoms with E-state index in [0.29, 0.717) is 11.6 Å². The van der Waals surface area contributed by atoms with Crippen LogP contribution < -0.4 is 5.32 Å². The number of carbonyl (C=O) groups is 1. The van der Waals surface area contributed by atoms with Crippen molar-refractivity contribution in [2.45, 2.75) is 176 Å². The monoisotopic (exact) mass is 1150 g/mol. The first-order chi connectivity index (χ1) is 40.7. The lowest BCUT2D eigenvalue weighted by molar-refractivity contribution is 0.102. The topological polar surface area (TPSA) is 89.7 Å². The largest absolute Gasteiger partial charge is 0.354 e. The Morgan fingerprint density at radius 2 is 0.724 bits per heavy atom. The Balaban J connectivity index is 1.23. The molecule has 1 atom stereocenters. The van der Waals surface area contributed by atoms with Crippen LogP contribution in [0.4, 0.5) is 5.69 Å². The minimum absolute atomic E-state index is 0.119. The summed E-state index contributed by atoms with van der Waals surface area (Å²) in [6.07, 6.45) is 11.1. The number of fused-ring (bicyclic) bond motifs is 8. The number of aromatic nitrogens is 4. The first-order valence-electron chi connectivity index (χ1n) is 31.5. The van der Waals surface area contributed by atoms with Crippen LogP contribution >= 0.6 is 0 Å². The van der Waals surface area contributed by atoms with Crippen LogP contribution in [0.1, 0.15) is 216 Å². The van der Waals surface area contributed by atoms with E-state index >= 15 is 0 Å². The minimum Gasteiger partial charge on any atom is -0.354 e. The van der Waals surface area contributed by atoms with Crippen molar-refractivity contribution in [2.75, 3.05) is 18.9 Å². The van der Waals surface area contributed by atoms with Gasteiger partial charge in [-0.2, -0.15) is 0 Å². The quantitative estimate of drug-likeness (QED) is 0.148. The van der Waals surface area contributed by atoms with Crippen LogP contribution in [-0.4, -0.2) is 44.3 Å². The Bertz CT molecular complexity index is 4060. The number of nitrogens with zero attached hydrogens (tertiary/aromatic N) is 3. The molecular formula is C80H92N6O. The van der Waals surface area contributed by atoms with Crippen LogP contribution in [0.3, 0.4) is 0 Å². The van der Waals surface area contributed by atoms with E-state index in [4.69, 9.17) is 9.97 Å². The number of aromatic amines is 2. The fourth-order valence-corrected chi connectivity index (χ4v) is 12.4. The van der Waals surface area contributed by atoms with Gasteiger partial charge in [0.2, 0.25) is 0 Å². The molecule has 8 aromatic rings. The van der Waals surface area contributed by atoms with Crippen LogP contribution in [0.15, 0.2) is 127 Å². The lowest BCUT2D eigenvalue weighted by Crippen LogP contribution is -2.17. The number of carbonyl (C=O) groups excluding carboxylic acids is 1. The van der Waals surface area contributed by atoms with Crippen LogP contribution in [0.25, 0.3) is 90.9 Å². The van der Waals surface area contributed by atoms with E-state index in [9.17, 15) is 4.79 Å². The SMILES string of the molecule is CN1CCCC1c1ccc(NC(=O)c2ccc(-c3c4nc(c(-c5cc(C(C)(C)C)cc(C(C)(C)C)c5)c5ccc([nH]5)c(-c5cc(C(C)(C)C)cc(C(C)(C)C)c5)c5nc(c(-c6cc(C(C)(C)C)cc(C(C)(C)C)c6)c6ccc3[nH]6)C=C5)C=C4)cc2)cc1. The van der Waals surface area contributed by atoms with Crippen molar-refractivity contribution in [1.29, 1.82) is 0 Å². The van der Waals surface area contributed by atoms with Gasteiger partial charge in [-0.05, 0) is 193 Å². The maximum atomic E-state index is 14.1. The average Bonchev–Trinajstić information content (AvgIpc) is 1.77. The maximum absolute atomic E-state index is 14.1. The van der Waals surface area contributed by atoms with E-state index < -0.39 is 0 Å². The Morgan fingerprint density at radius 1 is 0.414 bits per heavy atom. The van der Waals surface area contributed by atoms with E-state index in [0.717, 1.165) is 108 Å². The third-order valence-corrected chi connectivity index (χ3v) is 18.1. The number of H-pyrrole nitrogens is 2. The average molecular weight is 1150 g/mol. The maximum Gasteiger partial charge on any atom is 0.255 e. The molecule has 5 aromatic carbocycles. The third-order valence-electron chi connectivity index (χ3n) is 18.1. The Labute approximate surface area is 519 Å². The summed E-state index contributed by atoms with van der Waals surface area (Å²) >= 11 is 0. The van der Waals surface area contributed by atoms with Crippen molar-refractivity contribution in [3.8, 4) is 44.5 Å². The van der Waals surface area contributed by atoms with E-state index in [1.807, 2.05) is 24.3 Å². The summed E-state index contributed by atoms with van der Waals surface area (Å²) in [5.74, 6) is -0.160. The highest BCUT2D eigenvalue weighted by Crippen LogP contribution is 2.44. The molecule has 3 aliphatic rings. The summed E-state index contributed by atoms with van der Waals surface area (Å²) in [4.78, 5) is 36.2. The first kappa shape index (κ1) is 60.8. The van der Waals surface area contributed by atoms with Crippen LogP contribution in [0.2, 0.25) is 0 Å². The molecule has 3 aromatic heterocycles. The molecule has 0 saturated carbocycles. The highest BCUT2D eigenvalue weighted by atomic mass is 16.1. The van der Waals surface area contributed by atoms with Gasteiger partial charge >= 0.3 is 0 Å². The van der Waals surface area contributed by atoms with Crippen molar-refractivity contribution in [1.82, 2.24) is 24.8 Å². The summed E-state index contributed by atoms with van der Waals surface area (Å²) in [5, 5.41) is 3.18. The van der Waals surface area contributed by atoms with E-state index in [-0.39, 0.29) is 38.4 Å². The first-order valence-corrected chi connectivity index (χ1v) is 31.5. The molecule has 0 radical (unpaired) electrons. The van der Waals surface area contributed by atoms with Gasteiger partial charge < -0.3 is 15.3 Å². The Hall–Kier alpha value is -7.87. The zero-order valence-corrected chi connectivity index (χ0v) is 55.4. The van der Waals surface area contributed by atoms with Gasteiger partial charge in [-0.15, -0.1) is 0 Å². The van der Waals surface area contributed by atoms with Gasteiger partial charge in [0.05, 0.1) is 22.8 Å². The molecule has 3 aliphatic heterocycles. The Kier molecular flexibility index (Phi) is 15.4. The lowest BCUT2D eigenvalue weighted by Gasteiger charge is -2.26. The molecule has 87 heavy (non-hydrogen) atoms. The number of rotatable bonds is 7. The number of anilines is 1. The van der Waals surface area contributed by atoms with Crippen LogP contribution in [-0.2, 0) is 32.5 Å². The number of amides is 1. The molecule has 8 bridgehead atoms. The number of nitrogens with one attached hydrogen (secondary N) is 3. The van der Waals surface area contributed by atoms with Crippen molar-refractivity contribution in [2.24, 2.45) is 0 Å². The summed E-state index contributed by atoms with van der Waals surface area (Å²) in [6.45, 7) is 42.6. The molecule has 448 valence electrons. The number of hydrogen-bond acceptors (Lipinski definition) is 4. The van der Waals surface area contributed by atoms with Gasteiger partial charge in [0, 0.05) is 61.6 Å². The van der Waals surface area contributed by atoms with Crippen LogP contribution in [0.5, 0.6) is 0 Å². The molecule has 0 aliphatic carbocycles. The lowest BCUT2D eigenvalue weighted by atomic mass is 9.78. The highest BCUT2D eigenvalue weighted by molar-refractivity contribution is 6.05. The molecule has 1 fully saturated rings. The second-order valence-corrected chi connectivity index (χ2v) is 31.2. The number of hydrogen-bond donors (Lipinski definition) is 3. The molecule has 6 heterocycles. The zero-order chi connectivity index (χ0) is 62.5. The highest BCUT2D eigenvalue weighted by Gasteiger charge is 2.29. The summed E-state index contributed by atoms with van der Waals surface area (Å²) in [6, 6.07) is 47.2. The predicted molar refractivity (Wildman–Crippen MR) is 372 cm³/mol. The van der Waals surface area contributed by atoms with Crippen molar-refractivity contribution in [3.05, 3.63) is 195 Å². The van der Waals surface area contributed by atoms with Crippen molar-refractivity contribution < 1.29 is 4.79 Å². The second kappa shape index (κ2) is 22.1. The van der Waals surface area contributed by atoms with Gasteiger partial charge in [0.15, 0.2) is 0 Å². The molecular weight excluding hydrogens is 1060 g/mol. The molecule has 0 spiro atoms. The standard InChI is InChI=1S/C80H92N6O/c1-75(2,3)54-39-51(40-55(45-54)76(4,5)6)71-63-32-30-61(82-63)70(49-22-24-50(25-23-49)74(87)81-60-28-26-48(27-29-60)69-21-20-38-86(69)19)62-31-33-64(83-62)72(52-41-56(77(7,8)9)46-57(42-52)78(10,11)12)66-35-37-68(85-66)73(67-36-34-65(71)84-67)53-43-58(79(13,14)15)47-59(44-53)80(16,17)18/h22-37,39-47,69,82,85H,20-21,38H2,1-19H3,(H,81,87). The summed E-state index contributed by atoms with van der Waals surface area (Å²) in [5.41, 5.74) is 24.8. The Morgan fingerprint density at radius 3 is 1.01 bits per heavy atom. The van der Waals surface area contributed by atoms with Gasteiger partial charge in [0.1, 0.15) is 0 Å². The van der Waals surface area contributed by atoms with Crippen molar-refractivity contribution >= 4 is 58.0 Å². The van der Waals surface area contributed by atoms with Crippen molar-refractivity contribution in [3.63, 3.8) is 0 Å². The van der Waals surface area contributed by atoms with E-state index in [2.05, 4.69) is 279 Å². The predicted octanol–water partition coefficient (Wildman–Crippen LogP) is 21.1. The second-order valence-electron chi connectivity index (χ2n) is 31.2. The van der Waals surface area contributed by atoms with Gasteiger partial charge in [-0.25, -0.2) is 9.97 Å². The van der Waals surface area contributed by atoms with E-state index in [1.165, 1.54) is 45.4 Å². The molecule has 1 amide bonds. The molecule has 7 nitrogen and oxygen atoms in total. The summed E-state index contributed by atoms with van der Waals surface area (Å²) in [7, 11) is 2.19. The molecule has 11 rings (SSSR count). The van der Waals surface area contributed by atoms with E-state index in [1.54, 1.807) is 0 Å². The molecule has 7 heteroatoms. The van der Waals surface area contributed by atoms with Gasteiger partial charge in [-0.1, -0.05) is 203 Å². The number of benzene rings is 5. The fraction of sp³-hybridized carbons (Fsp3) is 0.362. The zero-order valence-electron chi connectivity index (χ0n) is 55.4. The fourth-order valence-electron chi connectivity index (χ4n) is 12.4.